The van der Waals surface area contributed by atoms with E-state index in [-0.39, 0.29) is 11.5 Å². The monoisotopic (exact) mass is 388 g/mol. The molecular formula is C25H24O4. The summed E-state index contributed by atoms with van der Waals surface area (Å²) in [6.07, 6.45) is 3.28. The molecule has 0 aliphatic heterocycles. The van der Waals surface area contributed by atoms with E-state index in [1.807, 2.05) is 44.2 Å². The number of phenolic OH excluding ortho intramolecular Hbond substituents is 1. The normalized spacial score (nSPS) is 10.9. The predicted molar refractivity (Wildman–Crippen MR) is 115 cm³/mol. The minimum absolute atomic E-state index is 0.131. The molecule has 0 aromatic heterocycles. The summed E-state index contributed by atoms with van der Waals surface area (Å²) in [6, 6.07) is 18.0. The molecule has 0 bridgehead atoms. The quantitative estimate of drug-likeness (QED) is 0.429. The minimum Gasteiger partial charge on any atom is -0.508 e. The Morgan fingerprint density at radius 3 is 2.45 bits per heavy atom. The van der Waals surface area contributed by atoms with Crippen molar-refractivity contribution >= 4 is 11.9 Å². The number of phenols is 1. The topological polar surface area (TPSA) is 55.8 Å². The van der Waals surface area contributed by atoms with Crippen LogP contribution in [-0.4, -0.2) is 18.0 Å². The van der Waals surface area contributed by atoms with Crippen molar-refractivity contribution < 1.29 is 19.4 Å². The Hall–Kier alpha value is -3.53. The van der Waals surface area contributed by atoms with Gasteiger partial charge in [-0.1, -0.05) is 24.3 Å². The molecule has 0 heterocycles. The summed E-state index contributed by atoms with van der Waals surface area (Å²) in [4.78, 5) is 12.3. The first kappa shape index (κ1) is 20.2. The van der Waals surface area contributed by atoms with E-state index >= 15 is 0 Å². The van der Waals surface area contributed by atoms with Gasteiger partial charge in [0.05, 0.1) is 7.11 Å². The highest BCUT2D eigenvalue weighted by atomic mass is 16.5. The van der Waals surface area contributed by atoms with Crippen LogP contribution in [0.4, 0.5) is 0 Å². The number of aryl methyl sites for hydroxylation is 2. The van der Waals surface area contributed by atoms with Gasteiger partial charge in [-0.25, -0.2) is 0 Å². The van der Waals surface area contributed by atoms with Crippen molar-refractivity contribution in [2.75, 3.05) is 7.11 Å². The van der Waals surface area contributed by atoms with Crippen LogP contribution in [0.15, 0.2) is 66.7 Å². The van der Waals surface area contributed by atoms with Gasteiger partial charge in [0, 0.05) is 11.1 Å². The molecule has 1 N–H and O–H groups in total. The number of aromatic hydroxyl groups is 1. The second-order valence-corrected chi connectivity index (χ2v) is 6.87. The molecule has 0 amide bonds. The van der Waals surface area contributed by atoms with Crippen LogP contribution in [0.2, 0.25) is 0 Å². The third-order valence-corrected chi connectivity index (χ3v) is 4.61. The molecule has 0 spiro atoms. The van der Waals surface area contributed by atoms with Gasteiger partial charge < -0.3 is 14.6 Å². The molecule has 3 rings (SSSR count). The van der Waals surface area contributed by atoms with Gasteiger partial charge >= 0.3 is 0 Å². The third-order valence-electron chi connectivity index (χ3n) is 4.61. The van der Waals surface area contributed by atoms with Crippen molar-refractivity contribution in [3.05, 3.63) is 94.6 Å². The lowest BCUT2D eigenvalue weighted by Crippen LogP contribution is -2.01. The third kappa shape index (κ3) is 5.26. The maximum absolute atomic E-state index is 12.3. The summed E-state index contributed by atoms with van der Waals surface area (Å²) in [7, 11) is 1.63. The number of methoxy groups -OCH3 is 1. The standard InChI is InChI=1S/C25H24O4/c1-17-4-5-18(2)25(14-17)29-16-21-15-19(7-13-24(21)28-3)6-12-23(27)20-8-10-22(26)11-9-20/h4-15,26H,16H2,1-3H3/b12-6+. The molecule has 3 aromatic carbocycles. The number of ether oxygens (including phenoxy) is 2. The summed E-state index contributed by atoms with van der Waals surface area (Å²) < 4.78 is 11.5. The van der Waals surface area contributed by atoms with Crippen LogP contribution in [0.1, 0.15) is 32.6 Å². The number of allylic oxidation sites excluding steroid dienone is 1. The fourth-order valence-corrected chi connectivity index (χ4v) is 2.93. The molecule has 0 fully saturated rings. The molecule has 4 heteroatoms. The Labute approximate surface area is 171 Å². The van der Waals surface area contributed by atoms with Gasteiger partial charge in [0.1, 0.15) is 23.9 Å². The molecule has 0 unspecified atom stereocenters. The average molecular weight is 388 g/mol. The number of ketones is 1. The maximum atomic E-state index is 12.3. The summed E-state index contributed by atoms with van der Waals surface area (Å²) in [5.74, 6) is 1.58. The van der Waals surface area contributed by atoms with E-state index in [4.69, 9.17) is 9.47 Å². The lowest BCUT2D eigenvalue weighted by atomic mass is 10.1. The zero-order valence-electron chi connectivity index (χ0n) is 16.8. The zero-order chi connectivity index (χ0) is 20.8. The average Bonchev–Trinajstić information content (AvgIpc) is 2.73. The van der Waals surface area contributed by atoms with E-state index in [0.717, 1.165) is 33.8 Å². The largest absolute Gasteiger partial charge is 0.508 e. The summed E-state index contributed by atoms with van der Waals surface area (Å²) in [6.45, 7) is 4.41. The summed E-state index contributed by atoms with van der Waals surface area (Å²) in [5, 5.41) is 9.34. The Morgan fingerprint density at radius 1 is 0.966 bits per heavy atom. The number of hydrogen-bond donors (Lipinski definition) is 1. The predicted octanol–water partition coefficient (Wildman–Crippen LogP) is 5.49. The first-order chi connectivity index (χ1) is 14.0. The van der Waals surface area contributed by atoms with Crippen LogP contribution in [0.25, 0.3) is 6.08 Å². The highest BCUT2D eigenvalue weighted by Gasteiger charge is 2.07. The first-order valence-electron chi connectivity index (χ1n) is 9.34. The molecule has 0 radical (unpaired) electrons. The van der Waals surface area contributed by atoms with Gasteiger partial charge in [0.25, 0.3) is 0 Å². The number of hydrogen-bond acceptors (Lipinski definition) is 4. The fourth-order valence-electron chi connectivity index (χ4n) is 2.93. The van der Waals surface area contributed by atoms with Crippen LogP contribution >= 0.6 is 0 Å². The lowest BCUT2D eigenvalue weighted by molar-refractivity contribution is 0.104. The Kier molecular flexibility index (Phi) is 6.35. The molecule has 0 aliphatic carbocycles. The smallest absolute Gasteiger partial charge is 0.185 e. The number of rotatable bonds is 7. The molecular weight excluding hydrogens is 364 g/mol. The number of benzene rings is 3. The van der Waals surface area contributed by atoms with Crippen LogP contribution in [0.5, 0.6) is 17.2 Å². The van der Waals surface area contributed by atoms with Crippen LogP contribution < -0.4 is 9.47 Å². The number of carbonyl (C=O) groups excluding carboxylic acids is 1. The van der Waals surface area contributed by atoms with Crippen molar-refractivity contribution in [1.82, 2.24) is 0 Å². The molecule has 4 nitrogen and oxygen atoms in total. The molecule has 148 valence electrons. The number of carbonyl (C=O) groups is 1. The van der Waals surface area contributed by atoms with Crippen molar-refractivity contribution in [2.24, 2.45) is 0 Å². The molecule has 0 saturated carbocycles. The van der Waals surface area contributed by atoms with E-state index in [1.165, 1.54) is 18.2 Å². The van der Waals surface area contributed by atoms with Gasteiger partial charge in [-0.3, -0.25) is 4.79 Å². The Balaban J connectivity index is 1.76. The SMILES string of the molecule is COc1ccc(/C=C/C(=O)c2ccc(O)cc2)cc1COc1cc(C)ccc1C. The van der Waals surface area contributed by atoms with Gasteiger partial charge in [-0.15, -0.1) is 0 Å². The van der Waals surface area contributed by atoms with Crippen LogP contribution in [0.3, 0.4) is 0 Å². The Bertz CT molecular complexity index is 1030. The molecule has 0 atom stereocenters. The van der Waals surface area contributed by atoms with E-state index in [1.54, 1.807) is 25.3 Å². The van der Waals surface area contributed by atoms with Crippen molar-refractivity contribution in [1.29, 1.82) is 0 Å². The first-order valence-corrected chi connectivity index (χ1v) is 9.34. The van der Waals surface area contributed by atoms with Crippen molar-refractivity contribution in [3.63, 3.8) is 0 Å². The van der Waals surface area contributed by atoms with Crippen molar-refractivity contribution in [2.45, 2.75) is 20.5 Å². The minimum atomic E-state index is -0.131. The molecule has 0 saturated heterocycles. The van der Waals surface area contributed by atoms with E-state index in [2.05, 4.69) is 6.07 Å². The zero-order valence-corrected chi connectivity index (χ0v) is 16.8. The van der Waals surface area contributed by atoms with Gasteiger partial charge in [-0.05, 0) is 79.1 Å². The Morgan fingerprint density at radius 2 is 1.72 bits per heavy atom. The van der Waals surface area contributed by atoms with Gasteiger partial charge in [-0.2, -0.15) is 0 Å². The molecule has 29 heavy (non-hydrogen) atoms. The highest BCUT2D eigenvalue weighted by molar-refractivity contribution is 6.06. The molecule has 0 aliphatic rings. The molecule has 3 aromatic rings. The van der Waals surface area contributed by atoms with Gasteiger partial charge in [0.15, 0.2) is 5.78 Å². The second kappa shape index (κ2) is 9.11. The summed E-state index contributed by atoms with van der Waals surface area (Å²) >= 11 is 0. The van der Waals surface area contributed by atoms with Crippen LogP contribution in [0, 0.1) is 13.8 Å². The summed E-state index contributed by atoms with van der Waals surface area (Å²) in [5.41, 5.74) is 4.50. The van der Waals surface area contributed by atoms with Crippen LogP contribution in [-0.2, 0) is 6.61 Å². The lowest BCUT2D eigenvalue weighted by Gasteiger charge is -2.13. The van der Waals surface area contributed by atoms with Crippen molar-refractivity contribution in [3.8, 4) is 17.2 Å². The second-order valence-electron chi connectivity index (χ2n) is 6.87. The van der Waals surface area contributed by atoms with E-state index in [9.17, 15) is 9.90 Å². The van der Waals surface area contributed by atoms with E-state index < -0.39 is 0 Å². The fraction of sp³-hybridized carbons (Fsp3) is 0.160. The maximum Gasteiger partial charge on any atom is 0.185 e. The van der Waals surface area contributed by atoms with E-state index in [0.29, 0.717) is 12.2 Å². The highest BCUT2D eigenvalue weighted by Crippen LogP contribution is 2.25. The van der Waals surface area contributed by atoms with Gasteiger partial charge in [0.2, 0.25) is 0 Å².